The van der Waals surface area contributed by atoms with Crippen LogP contribution >= 0.6 is 33.9 Å². The molecule has 4 N–H and O–H groups in total. The molecule has 246 valence electrons. The standard InChI is InChI=1S/C29H37IN4O10S/c1-17-31-13-22(45-17)28(41)34-21(15-43-4)27(40)33-20(14-42-3)26(39)32-19(12-18-8-6-5-7-9-18)25(38)29(2,16-30)44-24(37)11-10-23(35)36/h5-9,13,19-21H,10-12,14-16H2,1-4H3,(H,32,39)(H,33,40)(H,34,41)(H,35,36)/t19-,20?,21?,29+/m0/s1. The van der Waals surface area contributed by atoms with Gasteiger partial charge in [-0.1, -0.05) is 52.9 Å². The van der Waals surface area contributed by atoms with E-state index >= 15 is 0 Å². The maximum atomic E-state index is 13.9. The van der Waals surface area contributed by atoms with E-state index in [0.29, 0.717) is 10.6 Å². The first-order chi connectivity index (χ1) is 21.3. The molecule has 3 amide bonds. The normalized spacial score (nSPS) is 14.2. The zero-order chi connectivity index (χ0) is 33.6. The van der Waals surface area contributed by atoms with Gasteiger partial charge in [-0.3, -0.25) is 28.8 Å². The Bertz CT molecular complexity index is 1340. The highest BCUT2D eigenvalue weighted by atomic mass is 127. The number of aryl methyl sites for hydroxylation is 1. The van der Waals surface area contributed by atoms with Crippen LogP contribution in [0.15, 0.2) is 36.5 Å². The van der Waals surface area contributed by atoms with E-state index in [9.17, 15) is 28.8 Å². The Labute approximate surface area is 278 Å². The number of methoxy groups -OCH3 is 2. The van der Waals surface area contributed by atoms with E-state index in [4.69, 9.17) is 19.3 Å². The van der Waals surface area contributed by atoms with Crippen LogP contribution < -0.4 is 16.0 Å². The highest BCUT2D eigenvalue weighted by Crippen LogP contribution is 2.21. The van der Waals surface area contributed by atoms with E-state index in [-0.39, 0.29) is 28.9 Å². The molecule has 0 saturated heterocycles. The topological polar surface area (TPSA) is 199 Å². The van der Waals surface area contributed by atoms with Crippen molar-refractivity contribution in [3.8, 4) is 0 Å². The zero-order valence-electron chi connectivity index (χ0n) is 25.3. The van der Waals surface area contributed by atoms with Crippen molar-refractivity contribution in [1.82, 2.24) is 20.9 Å². The lowest BCUT2D eigenvalue weighted by Crippen LogP contribution is -2.60. The predicted octanol–water partition coefficient (Wildman–Crippen LogP) is 1.23. The number of alkyl halides is 1. The molecule has 0 saturated carbocycles. The van der Waals surface area contributed by atoms with Gasteiger partial charge in [0.15, 0.2) is 11.4 Å². The third-order valence-electron chi connectivity index (χ3n) is 6.34. The molecule has 0 bridgehead atoms. The van der Waals surface area contributed by atoms with Crippen molar-refractivity contribution in [2.75, 3.05) is 31.9 Å². The molecule has 0 aliphatic heterocycles. The number of carboxylic acids is 1. The van der Waals surface area contributed by atoms with Crippen molar-refractivity contribution in [2.45, 2.75) is 56.8 Å². The second-order valence-corrected chi connectivity index (χ2v) is 12.1. The Morgan fingerprint density at radius 1 is 0.933 bits per heavy atom. The van der Waals surface area contributed by atoms with Crippen molar-refractivity contribution < 1.29 is 48.1 Å². The fraction of sp³-hybridized carbons (Fsp3) is 0.483. The number of hydrogen-bond acceptors (Lipinski definition) is 11. The highest BCUT2D eigenvalue weighted by Gasteiger charge is 2.42. The summed E-state index contributed by atoms with van der Waals surface area (Å²) in [6.07, 6.45) is 0.499. The summed E-state index contributed by atoms with van der Waals surface area (Å²) in [6, 6.07) is 5.13. The lowest BCUT2D eigenvalue weighted by molar-refractivity contribution is -0.165. The number of carbonyl (C=O) groups excluding carboxylic acids is 5. The molecule has 2 aromatic rings. The number of amides is 3. The minimum atomic E-state index is -1.70. The number of hydrogen-bond donors (Lipinski definition) is 4. The lowest BCUT2D eigenvalue weighted by atomic mass is 9.92. The summed E-state index contributed by atoms with van der Waals surface area (Å²) >= 11 is 3.02. The second kappa shape index (κ2) is 18.5. The molecule has 45 heavy (non-hydrogen) atoms. The molecule has 0 aliphatic carbocycles. The first-order valence-corrected chi connectivity index (χ1v) is 16.1. The maximum absolute atomic E-state index is 13.9. The number of nitrogens with zero attached hydrogens (tertiary/aromatic N) is 1. The molecule has 4 atom stereocenters. The number of carbonyl (C=O) groups is 6. The van der Waals surface area contributed by atoms with E-state index in [0.717, 1.165) is 11.3 Å². The van der Waals surface area contributed by atoms with Crippen molar-refractivity contribution in [1.29, 1.82) is 0 Å². The van der Waals surface area contributed by atoms with Gasteiger partial charge in [-0.2, -0.15) is 0 Å². The van der Waals surface area contributed by atoms with E-state index in [1.165, 1.54) is 27.3 Å². The Morgan fingerprint density at radius 3 is 2.02 bits per heavy atom. The average molecular weight is 761 g/mol. The number of aliphatic carboxylic acids is 1. The van der Waals surface area contributed by atoms with Crippen LogP contribution in [0.3, 0.4) is 0 Å². The number of carboxylic acid groups (broad SMARTS) is 1. The van der Waals surface area contributed by atoms with Crippen molar-refractivity contribution in [3.05, 3.63) is 52.0 Å². The zero-order valence-corrected chi connectivity index (χ0v) is 28.3. The Morgan fingerprint density at radius 2 is 1.51 bits per heavy atom. The summed E-state index contributed by atoms with van der Waals surface area (Å²) in [5, 5.41) is 17.3. The molecule has 0 aliphatic rings. The monoisotopic (exact) mass is 760 g/mol. The molecule has 2 unspecified atom stereocenters. The van der Waals surface area contributed by atoms with Crippen LogP contribution in [0.5, 0.6) is 0 Å². The Kier molecular flexibility index (Phi) is 15.5. The van der Waals surface area contributed by atoms with Crippen LogP contribution in [-0.2, 0) is 44.6 Å². The molecule has 1 aromatic carbocycles. The smallest absolute Gasteiger partial charge is 0.307 e. The SMILES string of the molecule is COCC(NC(=O)c1cnc(C)s1)C(=O)NC(COC)C(=O)N[C@@H](Cc1ccccc1)C(=O)[C@@](C)(CI)OC(=O)CCC(=O)O. The van der Waals surface area contributed by atoms with Gasteiger partial charge in [0, 0.05) is 18.6 Å². The fourth-order valence-electron chi connectivity index (χ4n) is 4.02. The molecule has 1 heterocycles. The highest BCUT2D eigenvalue weighted by molar-refractivity contribution is 14.1. The van der Waals surface area contributed by atoms with Gasteiger partial charge in [0.1, 0.15) is 17.0 Å². The van der Waals surface area contributed by atoms with Crippen LogP contribution in [0, 0.1) is 6.92 Å². The predicted molar refractivity (Wildman–Crippen MR) is 171 cm³/mol. The van der Waals surface area contributed by atoms with Gasteiger partial charge < -0.3 is 35.3 Å². The maximum Gasteiger partial charge on any atom is 0.307 e. The molecule has 0 spiro atoms. The van der Waals surface area contributed by atoms with E-state index < -0.39 is 72.0 Å². The van der Waals surface area contributed by atoms with Gasteiger partial charge in [0.25, 0.3) is 5.91 Å². The molecular formula is C29H37IN4O10S. The number of benzene rings is 1. The molecule has 0 fully saturated rings. The second-order valence-electron chi connectivity index (χ2n) is 10.1. The number of halogens is 1. The van der Waals surface area contributed by atoms with Crippen molar-refractivity contribution in [2.24, 2.45) is 0 Å². The van der Waals surface area contributed by atoms with Gasteiger partial charge in [-0.05, 0) is 25.8 Å². The summed E-state index contributed by atoms with van der Waals surface area (Å²) < 4.78 is 15.7. The number of esters is 1. The van der Waals surface area contributed by atoms with E-state index in [1.807, 2.05) is 22.6 Å². The number of rotatable bonds is 19. The van der Waals surface area contributed by atoms with Crippen LogP contribution in [0.4, 0.5) is 0 Å². The third kappa shape index (κ3) is 12.1. The molecular weight excluding hydrogens is 723 g/mol. The number of aromatic nitrogens is 1. The van der Waals surface area contributed by atoms with Gasteiger partial charge in [-0.25, -0.2) is 4.98 Å². The molecule has 1 aromatic heterocycles. The van der Waals surface area contributed by atoms with Gasteiger partial charge >= 0.3 is 11.9 Å². The van der Waals surface area contributed by atoms with Gasteiger partial charge in [-0.15, -0.1) is 11.3 Å². The summed E-state index contributed by atoms with van der Waals surface area (Å²) in [6.45, 7) is 2.64. The lowest BCUT2D eigenvalue weighted by Gasteiger charge is -2.31. The quantitative estimate of drug-likeness (QED) is 0.0913. The fourth-order valence-corrected chi connectivity index (χ4v) is 5.23. The number of thiazole rings is 1. The minimum absolute atomic E-state index is 0.0134. The van der Waals surface area contributed by atoms with Crippen LogP contribution in [0.25, 0.3) is 0 Å². The molecule has 0 radical (unpaired) electrons. The van der Waals surface area contributed by atoms with Crippen LogP contribution in [-0.4, -0.2) is 101 Å². The van der Waals surface area contributed by atoms with E-state index in [2.05, 4.69) is 20.9 Å². The van der Waals surface area contributed by atoms with Crippen molar-refractivity contribution in [3.63, 3.8) is 0 Å². The largest absolute Gasteiger partial charge is 0.481 e. The average Bonchev–Trinajstić information content (AvgIpc) is 3.45. The summed E-state index contributed by atoms with van der Waals surface area (Å²) in [5.41, 5.74) is -1.01. The third-order valence-corrected chi connectivity index (χ3v) is 8.71. The summed E-state index contributed by atoms with van der Waals surface area (Å²) in [4.78, 5) is 80.9. The number of nitrogens with one attached hydrogen (secondary N) is 3. The van der Waals surface area contributed by atoms with E-state index in [1.54, 1.807) is 37.3 Å². The van der Waals surface area contributed by atoms with Gasteiger partial charge in [0.05, 0.1) is 43.3 Å². The Balaban J connectivity index is 2.27. The molecule has 14 nitrogen and oxygen atoms in total. The number of Topliss-reactive ketones (excluding diaryl/α,β-unsaturated/α-hetero) is 1. The molecule has 16 heteroatoms. The Hall–Kier alpha value is -3.48. The van der Waals surface area contributed by atoms with Crippen molar-refractivity contribution >= 4 is 69.4 Å². The number of ketones is 1. The summed E-state index contributed by atoms with van der Waals surface area (Å²) in [7, 11) is 2.67. The summed E-state index contributed by atoms with van der Waals surface area (Å²) in [5.74, 6) is -4.76. The minimum Gasteiger partial charge on any atom is -0.481 e. The first-order valence-electron chi connectivity index (χ1n) is 13.7. The van der Waals surface area contributed by atoms with Crippen LogP contribution in [0.2, 0.25) is 0 Å². The first kappa shape index (κ1) is 37.7. The number of ether oxygens (including phenoxy) is 3. The van der Waals surface area contributed by atoms with Gasteiger partial charge in [0.2, 0.25) is 11.8 Å². The molecule has 2 rings (SSSR count). The van der Waals surface area contributed by atoms with Crippen LogP contribution in [0.1, 0.15) is 40.0 Å².